The first-order chi connectivity index (χ1) is 15.0. The van der Waals surface area contributed by atoms with Gasteiger partial charge in [0.25, 0.3) is 5.91 Å². The summed E-state index contributed by atoms with van der Waals surface area (Å²) in [6.07, 6.45) is 0.580. The molecule has 3 rings (SSSR count). The minimum atomic E-state index is -4.58. The van der Waals surface area contributed by atoms with Gasteiger partial charge in [-0.3, -0.25) is 9.78 Å². The predicted octanol–water partition coefficient (Wildman–Crippen LogP) is 6.08. The van der Waals surface area contributed by atoms with Crippen LogP contribution in [0.4, 0.5) is 13.2 Å². The average Bonchev–Trinajstić information content (AvgIpc) is 3.06. The van der Waals surface area contributed by atoms with E-state index in [0.29, 0.717) is 11.3 Å². The number of unbranched alkanes of at least 4 members (excludes halogenated alkanes) is 1. The van der Waals surface area contributed by atoms with Gasteiger partial charge in [-0.05, 0) is 36.1 Å². The van der Waals surface area contributed by atoms with E-state index in [4.69, 9.17) is 4.74 Å². The van der Waals surface area contributed by atoms with Crippen LogP contribution >= 0.6 is 11.3 Å². The third kappa shape index (κ3) is 5.76. The summed E-state index contributed by atoms with van der Waals surface area (Å²) in [5, 5.41) is 0. The van der Waals surface area contributed by atoms with Crippen molar-refractivity contribution in [2.75, 3.05) is 6.61 Å². The van der Waals surface area contributed by atoms with Crippen molar-refractivity contribution < 1.29 is 22.7 Å². The van der Waals surface area contributed by atoms with Crippen molar-refractivity contribution in [1.29, 1.82) is 0 Å². The molecule has 0 unspecified atom stereocenters. The van der Waals surface area contributed by atoms with E-state index in [0.717, 1.165) is 35.2 Å². The molecule has 2 aromatic heterocycles. The van der Waals surface area contributed by atoms with E-state index < -0.39 is 17.6 Å². The summed E-state index contributed by atoms with van der Waals surface area (Å²) >= 11 is 1.30. The third-order valence-corrected chi connectivity index (χ3v) is 5.67. The number of carbonyl (C=O) groups excluding carboxylic acids is 1. The Hall–Kier alpha value is -2.68. The van der Waals surface area contributed by atoms with Crippen molar-refractivity contribution in [1.82, 2.24) is 9.55 Å². The van der Waals surface area contributed by atoms with Gasteiger partial charge in [-0.1, -0.05) is 45.5 Å². The van der Waals surface area contributed by atoms with Gasteiger partial charge in [-0.25, -0.2) is 0 Å². The van der Waals surface area contributed by atoms with Gasteiger partial charge in [0.15, 0.2) is 4.80 Å². The minimum absolute atomic E-state index is 0.0876. The molecule has 3 aromatic rings. The number of thiazole rings is 1. The number of alkyl halides is 3. The molecule has 0 aliphatic rings. The van der Waals surface area contributed by atoms with Gasteiger partial charge >= 0.3 is 6.18 Å². The fraction of sp³-hybridized carbons (Fsp3) is 0.435. The molecule has 5 nitrogen and oxygen atoms in total. The van der Waals surface area contributed by atoms with E-state index in [1.165, 1.54) is 17.4 Å². The van der Waals surface area contributed by atoms with Gasteiger partial charge in [0, 0.05) is 12.7 Å². The highest BCUT2D eigenvalue weighted by molar-refractivity contribution is 7.16. The summed E-state index contributed by atoms with van der Waals surface area (Å²) in [5.74, 6) is -0.686. The second-order valence-electron chi connectivity index (χ2n) is 8.71. The number of halogens is 3. The van der Waals surface area contributed by atoms with E-state index >= 15 is 0 Å². The Balaban J connectivity index is 2.10. The molecule has 0 fully saturated rings. The lowest BCUT2D eigenvalue weighted by Crippen LogP contribution is -2.20. The Morgan fingerprint density at radius 1 is 1.22 bits per heavy atom. The minimum Gasteiger partial charge on any atom is -0.492 e. The van der Waals surface area contributed by atoms with E-state index in [9.17, 15) is 18.0 Å². The first kappa shape index (κ1) is 24.0. The van der Waals surface area contributed by atoms with Crippen LogP contribution in [0.5, 0.6) is 5.75 Å². The highest BCUT2D eigenvalue weighted by atomic mass is 32.1. The Bertz CT molecular complexity index is 1170. The fourth-order valence-electron chi connectivity index (χ4n) is 2.98. The number of benzene rings is 1. The van der Waals surface area contributed by atoms with Crippen LogP contribution in [0.1, 0.15) is 56.5 Å². The molecule has 32 heavy (non-hydrogen) atoms. The van der Waals surface area contributed by atoms with E-state index in [2.05, 4.69) is 16.9 Å². The molecule has 172 valence electrons. The summed E-state index contributed by atoms with van der Waals surface area (Å²) < 4.78 is 48.5. The van der Waals surface area contributed by atoms with Crippen LogP contribution in [-0.4, -0.2) is 22.1 Å². The molecular weight excluding hydrogens is 439 g/mol. The van der Waals surface area contributed by atoms with Crippen LogP contribution in [0.3, 0.4) is 0 Å². The maximum absolute atomic E-state index is 13.3. The molecule has 0 bridgehead atoms. The van der Waals surface area contributed by atoms with Crippen molar-refractivity contribution in [3.63, 3.8) is 0 Å². The van der Waals surface area contributed by atoms with E-state index in [-0.39, 0.29) is 23.3 Å². The number of hydrogen-bond acceptors (Lipinski definition) is 4. The van der Waals surface area contributed by atoms with Crippen LogP contribution in [0.15, 0.2) is 41.7 Å². The first-order valence-electron chi connectivity index (χ1n) is 10.4. The molecule has 0 saturated carbocycles. The molecule has 0 N–H and O–H groups in total. The molecule has 1 aromatic carbocycles. The van der Waals surface area contributed by atoms with Crippen molar-refractivity contribution in [3.05, 3.63) is 52.6 Å². The lowest BCUT2D eigenvalue weighted by molar-refractivity contribution is -0.137. The molecule has 0 atom stereocenters. The van der Waals surface area contributed by atoms with Crippen LogP contribution in [0.25, 0.3) is 10.2 Å². The molecular formula is C23H26F3N3O2S. The molecule has 0 spiro atoms. The van der Waals surface area contributed by atoms with Crippen molar-refractivity contribution >= 4 is 27.5 Å². The van der Waals surface area contributed by atoms with Gasteiger partial charge in [-0.2, -0.15) is 18.2 Å². The average molecular weight is 466 g/mol. The van der Waals surface area contributed by atoms with Crippen LogP contribution in [-0.2, 0) is 12.7 Å². The molecule has 0 aliphatic heterocycles. The molecule has 2 heterocycles. The van der Waals surface area contributed by atoms with E-state index in [1.807, 2.05) is 31.4 Å². The number of carbonyl (C=O) groups is 1. The molecule has 0 aliphatic carbocycles. The van der Waals surface area contributed by atoms with Crippen molar-refractivity contribution in [3.8, 4) is 5.75 Å². The normalized spacial score (nSPS) is 13.0. The highest BCUT2D eigenvalue weighted by Crippen LogP contribution is 2.33. The number of aromatic nitrogens is 2. The largest absolute Gasteiger partial charge is 0.492 e. The zero-order chi connectivity index (χ0) is 23.5. The molecule has 9 heteroatoms. The number of hydrogen-bond donors (Lipinski definition) is 0. The van der Waals surface area contributed by atoms with Gasteiger partial charge < -0.3 is 9.30 Å². The number of aryl methyl sites for hydroxylation is 1. The number of fused-ring (bicyclic) bond motifs is 1. The zero-order valence-electron chi connectivity index (χ0n) is 18.5. The Morgan fingerprint density at radius 2 is 1.97 bits per heavy atom. The van der Waals surface area contributed by atoms with Gasteiger partial charge in [0.1, 0.15) is 5.75 Å². The molecule has 1 amide bonds. The number of pyridine rings is 1. The molecule has 0 saturated heterocycles. The van der Waals surface area contributed by atoms with E-state index in [1.54, 1.807) is 12.4 Å². The highest BCUT2D eigenvalue weighted by Gasteiger charge is 2.32. The number of amides is 1. The molecule has 0 radical (unpaired) electrons. The van der Waals surface area contributed by atoms with Gasteiger partial charge in [0.2, 0.25) is 0 Å². The topological polar surface area (TPSA) is 56.5 Å². The third-order valence-electron chi connectivity index (χ3n) is 4.61. The maximum Gasteiger partial charge on any atom is 0.416 e. The summed E-state index contributed by atoms with van der Waals surface area (Å²) in [6.45, 7) is 8.73. The smallest absolute Gasteiger partial charge is 0.416 e. The predicted molar refractivity (Wildman–Crippen MR) is 119 cm³/mol. The lowest BCUT2D eigenvalue weighted by Gasteiger charge is -2.20. The number of rotatable bonds is 6. The lowest BCUT2D eigenvalue weighted by atomic mass is 9.98. The van der Waals surface area contributed by atoms with Crippen molar-refractivity contribution in [2.24, 2.45) is 10.4 Å². The Labute approximate surface area is 188 Å². The Morgan fingerprint density at radius 3 is 2.62 bits per heavy atom. The summed E-state index contributed by atoms with van der Waals surface area (Å²) in [7, 11) is 0. The van der Waals surface area contributed by atoms with Crippen molar-refractivity contribution in [2.45, 2.75) is 53.3 Å². The van der Waals surface area contributed by atoms with Crippen LogP contribution in [0.2, 0.25) is 0 Å². The van der Waals surface area contributed by atoms with Gasteiger partial charge in [-0.15, -0.1) is 0 Å². The Kier molecular flexibility index (Phi) is 7.07. The monoisotopic (exact) mass is 465 g/mol. The first-order valence-corrected chi connectivity index (χ1v) is 11.2. The summed E-state index contributed by atoms with van der Waals surface area (Å²) in [5.41, 5.74) is -0.520. The van der Waals surface area contributed by atoms with Crippen LogP contribution < -0.4 is 9.54 Å². The fourth-order valence-corrected chi connectivity index (χ4v) is 4.00. The quantitative estimate of drug-likeness (QED) is 0.443. The second-order valence-corrected chi connectivity index (χ2v) is 9.72. The summed E-state index contributed by atoms with van der Waals surface area (Å²) in [4.78, 5) is 21.9. The zero-order valence-corrected chi connectivity index (χ0v) is 19.3. The standard InChI is InChI=1S/C23H26F3N3O2S/c1-5-6-11-29-17-13-27-10-9-19(17)32-21(29)28-20(30)16-12-15(23(24,25)26)7-8-18(16)31-14-22(2,3)4/h7-10,12-13H,5-6,11,14H2,1-4H3. The van der Waals surface area contributed by atoms with Crippen LogP contribution in [0, 0.1) is 5.41 Å². The summed E-state index contributed by atoms with van der Waals surface area (Å²) in [6, 6.07) is 4.75. The van der Waals surface area contributed by atoms with Gasteiger partial charge in [0.05, 0.1) is 34.1 Å². The number of ether oxygens (including phenoxy) is 1. The maximum atomic E-state index is 13.3. The number of nitrogens with zero attached hydrogens (tertiary/aromatic N) is 3. The second kappa shape index (κ2) is 9.44. The SMILES string of the molecule is CCCCn1c(=NC(=O)c2cc(C(F)(F)F)ccc2OCC(C)(C)C)sc2ccncc21.